The molecule has 2 aromatic heterocycles. The standard InChI is InChI=1S/C14H18N4O2S/c1-14(2,8-19)7-17-13(20)11-12(15)16-5-10(18-11)9-3-4-21-6-9/h3-6,19H,7-8H2,1-2H3,(H2,15,16)(H,17,20). The van der Waals surface area contributed by atoms with Crippen LogP contribution in [0.4, 0.5) is 5.82 Å². The fraction of sp³-hybridized carbons (Fsp3) is 0.357. The van der Waals surface area contributed by atoms with E-state index < -0.39 is 11.3 Å². The fourth-order valence-electron chi connectivity index (χ4n) is 1.57. The average Bonchev–Trinajstić information content (AvgIpc) is 2.99. The monoisotopic (exact) mass is 306 g/mol. The minimum Gasteiger partial charge on any atom is -0.396 e. The van der Waals surface area contributed by atoms with E-state index in [2.05, 4.69) is 15.3 Å². The topological polar surface area (TPSA) is 101 Å². The highest BCUT2D eigenvalue weighted by atomic mass is 32.1. The van der Waals surface area contributed by atoms with Gasteiger partial charge in [0, 0.05) is 29.5 Å². The second kappa shape index (κ2) is 6.19. The van der Waals surface area contributed by atoms with E-state index in [1.165, 1.54) is 0 Å². The number of anilines is 1. The van der Waals surface area contributed by atoms with Crippen LogP contribution in [-0.2, 0) is 0 Å². The van der Waals surface area contributed by atoms with Gasteiger partial charge < -0.3 is 16.2 Å². The Bertz CT molecular complexity index is 626. The number of nitrogen functional groups attached to an aromatic ring is 1. The van der Waals surface area contributed by atoms with E-state index in [0.29, 0.717) is 12.2 Å². The molecule has 0 aliphatic heterocycles. The second-order valence-corrected chi connectivity index (χ2v) is 6.29. The summed E-state index contributed by atoms with van der Waals surface area (Å²) in [4.78, 5) is 20.5. The first kappa shape index (κ1) is 15.4. The summed E-state index contributed by atoms with van der Waals surface area (Å²) in [6.45, 7) is 4.00. The first-order valence-corrected chi connectivity index (χ1v) is 7.41. The van der Waals surface area contributed by atoms with Crippen molar-refractivity contribution < 1.29 is 9.90 Å². The highest BCUT2D eigenvalue weighted by Gasteiger charge is 2.20. The number of amides is 1. The highest BCUT2D eigenvalue weighted by molar-refractivity contribution is 7.08. The van der Waals surface area contributed by atoms with Crippen LogP contribution in [0.25, 0.3) is 11.3 Å². The van der Waals surface area contributed by atoms with Crippen LogP contribution in [-0.4, -0.2) is 34.1 Å². The molecule has 0 radical (unpaired) electrons. The molecule has 0 aromatic carbocycles. The lowest BCUT2D eigenvalue weighted by Crippen LogP contribution is -2.36. The van der Waals surface area contributed by atoms with E-state index in [1.807, 2.05) is 30.7 Å². The molecule has 2 aromatic rings. The molecule has 2 heterocycles. The lowest BCUT2D eigenvalue weighted by atomic mass is 9.95. The maximum atomic E-state index is 12.2. The molecule has 0 spiro atoms. The molecule has 0 fully saturated rings. The summed E-state index contributed by atoms with van der Waals surface area (Å²) >= 11 is 1.54. The Morgan fingerprint density at radius 3 is 2.90 bits per heavy atom. The molecule has 0 saturated carbocycles. The summed E-state index contributed by atoms with van der Waals surface area (Å²) < 4.78 is 0. The number of nitrogens with two attached hydrogens (primary N) is 1. The van der Waals surface area contributed by atoms with Crippen molar-refractivity contribution in [3.63, 3.8) is 0 Å². The zero-order chi connectivity index (χ0) is 15.5. The predicted octanol–water partition coefficient (Wildman–Crippen LogP) is 1.54. The molecule has 0 atom stereocenters. The zero-order valence-electron chi connectivity index (χ0n) is 12.0. The summed E-state index contributed by atoms with van der Waals surface area (Å²) in [7, 11) is 0. The summed E-state index contributed by atoms with van der Waals surface area (Å²) in [6, 6.07) is 1.90. The number of aliphatic hydroxyl groups excluding tert-OH is 1. The number of hydrogen-bond acceptors (Lipinski definition) is 6. The van der Waals surface area contributed by atoms with E-state index in [0.717, 1.165) is 5.56 Å². The quantitative estimate of drug-likeness (QED) is 0.777. The van der Waals surface area contributed by atoms with Gasteiger partial charge in [-0.3, -0.25) is 4.79 Å². The van der Waals surface area contributed by atoms with Gasteiger partial charge in [-0.1, -0.05) is 13.8 Å². The molecule has 0 aliphatic carbocycles. The Kier molecular flexibility index (Phi) is 4.54. The Morgan fingerprint density at radius 1 is 1.52 bits per heavy atom. The highest BCUT2D eigenvalue weighted by Crippen LogP contribution is 2.21. The van der Waals surface area contributed by atoms with E-state index in [9.17, 15) is 9.90 Å². The number of aliphatic hydroxyl groups is 1. The summed E-state index contributed by atoms with van der Waals surface area (Å²) in [6.07, 6.45) is 1.55. The molecule has 0 unspecified atom stereocenters. The van der Waals surface area contributed by atoms with Gasteiger partial charge in [0.15, 0.2) is 11.5 Å². The largest absolute Gasteiger partial charge is 0.396 e. The van der Waals surface area contributed by atoms with Crippen LogP contribution < -0.4 is 11.1 Å². The van der Waals surface area contributed by atoms with Crippen LogP contribution >= 0.6 is 11.3 Å². The normalized spacial score (nSPS) is 11.4. The van der Waals surface area contributed by atoms with Gasteiger partial charge in [0.05, 0.1) is 11.9 Å². The minimum absolute atomic E-state index is 0.0244. The number of nitrogens with zero attached hydrogens (tertiary/aromatic N) is 2. The molecule has 2 rings (SSSR count). The maximum Gasteiger partial charge on any atom is 0.273 e. The lowest BCUT2D eigenvalue weighted by Gasteiger charge is -2.21. The summed E-state index contributed by atoms with van der Waals surface area (Å²) in [5, 5.41) is 15.8. The van der Waals surface area contributed by atoms with Gasteiger partial charge in [-0.15, -0.1) is 0 Å². The molecule has 6 nitrogen and oxygen atoms in total. The minimum atomic E-state index is -0.400. The number of hydrogen-bond donors (Lipinski definition) is 3. The predicted molar refractivity (Wildman–Crippen MR) is 83.0 cm³/mol. The number of nitrogens with one attached hydrogen (secondary N) is 1. The van der Waals surface area contributed by atoms with Crippen molar-refractivity contribution in [3.8, 4) is 11.3 Å². The van der Waals surface area contributed by atoms with Gasteiger partial charge in [-0.25, -0.2) is 9.97 Å². The number of carbonyl (C=O) groups is 1. The number of aromatic nitrogens is 2. The first-order chi connectivity index (χ1) is 9.93. The molecule has 112 valence electrons. The molecule has 0 bridgehead atoms. The van der Waals surface area contributed by atoms with Crippen LogP contribution in [0, 0.1) is 5.41 Å². The number of thiophene rings is 1. The second-order valence-electron chi connectivity index (χ2n) is 5.51. The molecule has 0 aliphatic rings. The zero-order valence-corrected chi connectivity index (χ0v) is 12.8. The van der Waals surface area contributed by atoms with Crippen LogP contribution in [0.5, 0.6) is 0 Å². The molecule has 1 amide bonds. The Labute approximate surface area is 127 Å². The smallest absolute Gasteiger partial charge is 0.273 e. The van der Waals surface area contributed by atoms with Crippen LogP contribution in [0.15, 0.2) is 23.0 Å². The maximum absolute atomic E-state index is 12.2. The van der Waals surface area contributed by atoms with Crippen molar-refractivity contribution in [3.05, 3.63) is 28.7 Å². The Hall–Kier alpha value is -1.99. The summed E-state index contributed by atoms with van der Waals surface area (Å²) in [5.74, 6) is -0.299. The van der Waals surface area contributed by atoms with Crippen LogP contribution in [0.2, 0.25) is 0 Å². The van der Waals surface area contributed by atoms with E-state index in [1.54, 1.807) is 17.5 Å². The third-order valence-electron chi connectivity index (χ3n) is 2.99. The van der Waals surface area contributed by atoms with Gasteiger partial charge in [-0.2, -0.15) is 11.3 Å². The van der Waals surface area contributed by atoms with E-state index in [4.69, 9.17) is 5.73 Å². The van der Waals surface area contributed by atoms with Crippen molar-refractivity contribution in [2.45, 2.75) is 13.8 Å². The van der Waals surface area contributed by atoms with Crippen LogP contribution in [0.1, 0.15) is 24.3 Å². The third-order valence-corrected chi connectivity index (χ3v) is 3.67. The molecule has 0 saturated heterocycles. The average molecular weight is 306 g/mol. The molecule has 7 heteroatoms. The Morgan fingerprint density at radius 2 is 2.29 bits per heavy atom. The SMILES string of the molecule is CC(C)(CO)CNC(=O)c1nc(-c2ccsc2)cnc1N. The Balaban J connectivity index is 2.19. The first-order valence-electron chi connectivity index (χ1n) is 6.47. The van der Waals surface area contributed by atoms with Gasteiger partial charge in [0.25, 0.3) is 5.91 Å². The van der Waals surface area contributed by atoms with Crippen molar-refractivity contribution in [1.29, 1.82) is 0 Å². The van der Waals surface area contributed by atoms with Crippen LogP contribution in [0.3, 0.4) is 0 Å². The van der Waals surface area contributed by atoms with Crippen molar-refractivity contribution in [1.82, 2.24) is 15.3 Å². The van der Waals surface area contributed by atoms with Crippen molar-refractivity contribution >= 4 is 23.1 Å². The molecule has 4 N–H and O–H groups in total. The molecular formula is C14H18N4O2S. The lowest BCUT2D eigenvalue weighted by molar-refractivity contribution is 0.0907. The van der Waals surface area contributed by atoms with E-state index >= 15 is 0 Å². The van der Waals surface area contributed by atoms with Gasteiger partial charge >= 0.3 is 0 Å². The summed E-state index contributed by atoms with van der Waals surface area (Å²) in [5.41, 5.74) is 6.95. The fourth-order valence-corrected chi connectivity index (χ4v) is 2.22. The number of carbonyl (C=O) groups excluding carboxylic acids is 1. The molecular weight excluding hydrogens is 288 g/mol. The van der Waals surface area contributed by atoms with Gasteiger partial charge in [0.1, 0.15) is 0 Å². The molecule has 21 heavy (non-hydrogen) atoms. The van der Waals surface area contributed by atoms with Crippen molar-refractivity contribution in [2.75, 3.05) is 18.9 Å². The van der Waals surface area contributed by atoms with Gasteiger partial charge in [0.2, 0.25) is 0 Å². The number of rotatable bonds is 5. The van der Waals surface area contributed by atoms with E-state index in [-0.39, 0.29) is 18.1 Å². The van der Waals surface area contributed by atoms with Gasteiger partial charge in [-0.05, 0) is 11.4 Å². The van der Waals surface area contributed by atoms with Crippen molar-refractivity contribution in [2.24, 2.45) is 5.41 Å². The third kappa shape index (κ3) is 3.77.